The molecule has 0 unspecified atom stereocenters. The van der Waals surface area contributed by atoms with Gasteiger partial charge >= 0.3 is 0 Å². The zero-order valence-electron chi connectivity index (χ0n) is 7.10. The van der Waals surface area contributed by atoms with Crippen molar-refractivity contribution in [3.63, 3.8) is 0 Å². The lowest BCUT2D eigenvalue weighted by molar-refractivity contribution is 0.409. The van der Waals surface area contributed by atoms with Gasteiger partial charge in [0.2, 0.25) is 0 Å². The van der Waals surface area contributed by atoms with Crippen LogP contribution in [0.25, 0.3) is 0 Å². The second-order valence-electron chi connectivity index (χ2n) is 2.57. The summed E-state index contributed by atoms with van der Waals surface area (Å²) in [6.07, 6.45) is 0. The lowest BCUT2D eigenvalue weighted by Crippen LogP contribution is -1.93. The van der Waals surface area contributed by atoms with Gasteiger partial charge in [-0.1, -0.05) is 0 Å². The van der Waals surface area contributed by atoms with Gasteiger partial charge in [-0.2, -0.15) is 12.6 Å². The molecule has 0 fully saturated rings. The van der Waals surface area contributed by atoms with Crippen LogP contribution < -0.4 is 4.74 Å². The maximum atomic E-state index is 13.0. The second kappa shape index (κ2) is 3.81. The first-order valence-corrected chi connectivity index (χ1v) is 4.26. The molecule has 0 saturated heterocycles. The third-order valence-electron chi connectivity index (χ3n) is 1.73. The number of thiol groups is 1. The summed E-state index contributed by atoms with van der Waals surface area (Å²) in [5, 5.41) is 0. The fraction of sp³-hybridized carbons (Fsp3) is 0.333. The number of ether oxygens (including phenoxy) is 1. The molecule has 0 bridgehead atoms. The minimum Gasteiger partial charge on any atom is -0.496 e. The smallest absolute Gasteiger partial charge is 0.126 e. The average molecular weight is 186 g/mol. The molecule has 0 radical (unpaired) electrons. The summed E-state index contributed by atoms with van der Waals surface area (Å²) in [5.41, 5.74) is 1.38. The third-order valence-corrected chi connectivity index (χ3v) is 2.07. The quantitative estimate of drug-likeness (QED) is 0.698. The van der Waals surface area contributed by atoms with E-state index in [1.165, 1.54) is 6.07 Å². The topological polar surface area (TPSA) is 9.23 Å². The lowest BCUT2D eigenvalue weighted by atomic mass is 10.1. The maximum Gasteiger partial charge on any atom is 0.126 e. The summed E-state index contributed by atoms with van der Waals surface area (Å²) in [6, 6.07) is 3.14. The molecular weight excluding hydrogens is 175 g/mol. The highest BCUT2D eigenvalue weighted by molar-refractivity contribution is 7.79. The van der Waals surface area contributed by atoms with Crippen molar-refractivity contribution in [1.29, 1.82) is 0 Å². The summed E-state index contributed by atoms with van der Waals surface area (Å²) in [7, 11) is 1.57. The molecule has 0 N–H and O–H groups in total. The molecule has 1 aromatic rings. The Labute approximate surface area is 77.0 Å². The SMILES string of the molecule is COc1cc(C)c(F)cc1CS. The summed E-state index contributed by atoms with van der Waals surface area (Å²) < 4.78 is 18.0. The van der Waals surface area contributed by atoms with Gasteiger partial charge < -0.3 is 4.74 Å². The number of hydrogen-bond acceptors (Lipinski definition) is 2. The highest BCUT2D eigenvalue weighted by Crippen LogP contribution is 2.23. The Hall–Kier alpha value is -0.700. The van der Waals surface area contributed by atoms with Crippen LogP contribution in [-0.4, -0.2) is 7.11 Å². The number of aryl methyl sites for hydroxylation is 1. The van der Waals surface area contributed by atoms with Crippen LogP contribution in [0, 0.1) is 12.7 Å². The standard InChI is InChI=1S/C9H11FOS/c1-6-3-9(11-2)7(5-12)4-8(6)10/h3-4,12H,5H2,1-2H3. The zero-order chi connectivity index (χ0) is 9.14. The fourth-order valence-corrected chi connectivity index (χ4v) is 1.26. The van der Waals surface area contributed by atoms with E-state index in [1.807, 2.05) is 0 Å². The predicted molar refractivity (Wildman–Crippen MR) is 50.4 cm³/mol. The molecule has 66 valence electrons. The van der Waals surface area contributed by atoms with Crippen LogP contribution >= 0.6 is 12.6 Å². The molecule has 1 aromatic carbocycles. The molecule has 0 atom stereocenters. The van der Waals surface area contributed by atoms with Gasteiger partial charge in [0.05, 0.1) is 7.11 Å². The van der Waals surface area contributed by atoms with E-state index < -0.39 is 0 Å². The van der Waals surface area contributed by atoms with Gasteiger partial charge in [-0.15, -0.1) is 0 Å². The van der Waals surface area contributed by atoms with Crippen LogP contribution in [0.5, 0.6) is 5.75 Å². The normalized spacial score (nSPS) is 10.0. The van der Waals surface area contributed by atoms with E-state index >= 15 is 0 Å². The zero-order valence-corrected chi connectivity index (χ0v) is 7.99. The molecule has 0 saturated carbocycles. The summed E-state index contributed by atoms with van der Waals surface area (Å²) in [4.78, 5) is 0. The first-order chi connectivity index (χ1) is 5.69. The van der Waals surface area contributed by atoms with Crippen molar-refractivity contribution in [1.82, 2.24) is 0 Å². The molecule has 0 aliphatic rings. The van der Waals surface area contributed by atoms with Crippen molar-refractivity contribution in [2.75, 3.05) is 7.11 Å². The monoisotopic (exact) mass is 186 g/mol. The molecule has 0 aliphatic heterocycles. The largest absolute Gasteiger partial charge is 0.496 e. The van der Waals surface area contributed by atoms with E-state index in [2.05, 4.69) is 12.6 Å². The van der Waals surface area contributed by atoms with E-state index in [-0.39, 0.29) is 5.82 Å². The van der Waals surface area contributed by atoms with E-state index in [0.717, 1.165) is 5.56 Å². The van der Waals surface area contributed by atoms with Gasteiger partial charge in [-0.05, 0) is 24.6 Å². The number of benzene rings is 1. The maximum absolute atomic E-state index is 13.0. The Balaban J connectivity index is 3.19. The number of halogens is 1. The van der Waals surface area contributed by atoms with Gasteiger partial charge in [0.25, 0.3) is 0 Å². The van der Waals surface area contributed by atoms with Crippen molar-refractivity contribution in [3.8, 4) is 5.75 Å². The van der Waals surface area contributed by atoms with Gasteiger partial charge in [0, 0.05) is 11.3 Å². The molecule has 0 spiro atoms. The van der Waals surface area contributed by atoms with Crippen molar-refractivity contribution in [2.45, 2.75) is 12.7 Å². The molecule has 0 amide bonds. The highest BCUT2D eigenvalue weighted by atomic mass is 32.1. The minimum atomic E-state index is -0.208. The lowest BCUT2D eigenvalue weighted by Gasteiger charge is -2.07. The van der Waals surface area contributed by atoms with Crippen molar-refractivity contribution >= 4 is 12.6 Å². The van der Waals surface area contributed by atoms with E-state index in [9.17, 15) is 4.39 Å². The van der Waals surface area contributed by atoms with Crippen LogP contribution in [0.15, 0.2) is 12.1 Å². The Morgan fingerprint density at radius 3 is 2.67 bits per heavy atom. The Kier molecular flexibility index (Phi) is 2.98. The Morgan fingerprint density at radius 2 is 2.17 bits per heavy atom. The number of rotatable bonds is 2. The third kappa shape index (κ3) is 1.72. The molecular formula is C9H11FOS. The molecule has 0 aromatic heterocycles. The van der Waals surface area contributed by atoms with E-state index in [1.54, 1.807) is 20.1 Å². The highest BCUT2D eigenvalue weighted by Gasteiger charge is 2.05. The first kappa shape index (κ1) is 9.39. The first-order valence-electron chi connectivity index (χ1n) is 3.63. The van der Waals surface area contributed by atoms with E-state index in [4.69, 9.17) is 4.74 Å². The van der Waals surface area contributed by atoms with Crippen LogP contribution in [0.2, 0.25) is 0 Å². The summed E-state index contributed by atoms with van der Waals surface area (Å²) in [6.45, 7) is 1.71. The predicted octanol–water partition coefficient (Wildman–Crippen LogP) is 2.57. The van der Waals surface area contributed by atoms with Gasteiger partial charge in [-0.25, -0.2) is 4.39 Å². The molecule has 0 aliphatic carbocycles. The Morgan fingerprint density at radius 1 is 1.50 bits per heavy atom. The summed E-state index contributed by atoms with van der Waals surface area (Å²) in [5.74, 6) is 0.976. The molecule has 1 nitrogen and oxygen atoms in total. The fourth-order valence-electron chi connectivity index (χ4n) is 1.01. The van der Waals surface area contributed by atoms with Crippen LogP contribution in [-0.2, 0) is 5.75 Å². The molecule has 0 heterocycles. The molecule has 1 rings (SSSR count). The second-order valence-corrected chi connectivity index (χ2v) is 2.89. The molecule has 12 heavy (non-hydrogen) atoms. The van der Waals surface area contributed by atoms with Crippen molar-refractivity contribution < 1.29 is 9.13 Å². The van der Waals surface area contributed by atoms with Gasteiger partial charge in [-0.3, -0.25) is 0 Å². The summed E-state index contributed by atoms with van der Waals surface area (Å²) >= 11 is 4.07. The number of hydrogen-bond donors (Lipinski definition) is 1. The minimum absolute atomic E-state index is 0.208. The van der Waals surface area contributed by atoms with E-state index in [0.29, 0.717) is 17.1 Å². The van der Waals surface area contributed by atoms with Crippen LogP contribution in [0.1, 0.15) is 11.1 Å². The average Bonchev–Trinajstić information content (AvgIpc) is 2.09. The molecule has 3 heteroatoms. The Bertz CT molecular complexity index is 257. The van der Waals surface area contributed by atoms with Gasteiger partial charge in [0.1, 0.15) is 11.6 Å². The van der Waals surface area contributed by atoms with Crippen LogP contribution in [0.4, 0.5) is 4.39 Å². The van der Waals surface area contributed by atoms with Crippen molar-refractivity contribution in [2.24, 2.45) is 0 Å². The number of methoxy groups -OCH3 is 1. The van der Waals surface area contributed by atoms with Crippen LogP contribution in [0.3, 0.4) is 0 Å². The van der Waals surface area contributed by atoms with Gasteiger partial charge in [0.15, 0.2) is 0 Å². The van der Waals surface area contributed by atoms with Crippen molar-refractivity contribution in [3.05, 3.63) is 29.1 Å².